The largest absolute Gasteiger partial charge is 0.480 e. The first kappa shape index (κ1) is 16.0. The van der Waals surface area contributed by atoms with Crippen LogP contribution in [0.15, 0.2) is 30.3 Å². The molecule has 1 atom stereocenters. The van der Waals surface area contributed by atoms with Gasteiger partial charge in [0.1, 0.15) is 6.04 Å². The van der Waals surface area contributed by atoms with Crippen LogP contribution >= 0.6 is 11.8 Å². The van der Waals surface area contributed by atoms with Crippen LogP contribution in [0.5, 0.6) is 0 Å². The summed E-state index contributed by atoms with van der Waals surface area (Å²) in [5, 5.41) is 11.1. The van der Waals surface area contributed by atoms with Crippen molar-refractivity contribution in [1.29, 1.82) is 0 Å². The number of amides is 2. The number of aliphatic carboxylic acids is 1. The Morgan fingerprint density at radius 2 is 1.90 bits per heavy atom. The summed E-state index contributed by atoms with van der Waals surface area (Å²) >= 11 is 1.37. The van der Waals surface area contributed by atoms with Crippen molar-refractivity contribution in [2.24, 2.45) is 5.73 Å². The molecule has 0 spiro atoms. The molecule has 20 heavy (non-hydrogen) atoms. The van der Waals surface area contributed by atoms with Crippen LogP contribution in [0, 0.1) is 0 Å². The number of primary amides is 1. The summed E-state index contributed by atoms with van der Waals surface area (Å²) in [6.45, 7) is 0. The third-order valence-corrected chi connectivity index (χ3v) is 3.39. The van der Waals surface area contributed by atoms with E-state index in [-0.39, 0.29) is 5.75 Å². The van der Waals surface area contributed by atoms with Crippen LogP contribution in [0.2, 0.25) is 0 Å². The van der Waals surface area contributed by atoms with E-state index in [1.54, 1.807) is 0 Å². The number of carboxylic acids is 1. The number of carbonyl (C=O) groups excluding carboxylic acids is 2. The van der Waals surface area contributed by atoms with Crippen molar-refractivity contribution in [2.75, 3.05) is 5.75 Å². The Labute approximate surface area is 120 Å². The van der Waals surface area contributed by atoms with Gasteiger partial charge in [0.2, 0.25) is 11.8 Å². The third-order valence-electron chi connectivity index (χ3n) is 2.38. The van der Waals surface area contributed by atoms with E-state index >= 15 is 0 Å². The summed E-state index contributed by atoms with van der Waals surface area (Å²) in [6.07, 6.45) is -0.412. The molecule has 0 heterocycles. The molecule has 108 valence electrons. The quantitative estimate of drug-likeness (QED) is 0.642. The Morgan fingerprint density at radius 1 is 1.25 bits per heavy atom. The van der Waals surface area contributed by atoms with Gasteiger partial charge in [0.25, 0.3) is 0 Å². The number of hydrogen-bond donors (Lipinski definition) is 3. The number of rotatable bonds is 8. The highest BCUT2D eigenvalue weighted by Crippen LogP contribution is 2.11. The van der Waals surface area contributed by atoms with Gasteiger partial charge in [-0.15, -0.1) is 11.8 Å². The zero-order valence-electron chi connectivity index (χ0n) is 10.7. The van der Waals surface area contributed by atoms with Gasteiger partial charge in [-0.2, -0.15) is 0 Å². The van der Waals surface area contributed by atoms with Crippen LogP contribution in [0.1, 0.15) is 12.0 Å². The highest BCUT2D eigenvalue weighted by Gasteiger charge is 2.21. The van der Waals surface area contributed by atoms with Gasteiger partial charge in [-0.05, 0) is 5.56 Å². The lowest BCUT2D eigenvalue weighted by Crippen LogP contribution is -2.44. The first-order valence-electron chi connectivity index (χ1n) is 5.91. The lowest BCUT2D eigenvalue weighted by atomic mass is 10.2. The summed E-state index contributed by atoms with van der Waals surface area (Å²) in [5.41, 5.74) is 6.00. The van der Waals surface area contributed by atoms with Gasteiger partial charge in [-0.25, -0.2) is 4.79 Å². The van der Waals surface area contributed by atoms with Gasteiger partial charge in [0.05, 0.1) is 12.2 Å². The average Bonchev–Trinajstić information content (AvgIpc) is 2.38. The third kappa shape index (κ3) is 6.24. The van der Waals surface area contributed by atoms with E-state index in [0.717, 1.165) is 5.56 Å². The van der Waals surface area contributed by atoms with Gasteiger partial charge in [0.15, 0.2) is 0 Å². The number of nitrogens with two attached hydrogens (primary N) is 1. The predicted molar refractivity (Wildman–Crippen MR) is 76.0 cm³/mol. The van der Waals surface area contributed by atoms with Gasteiger partial charge in [-0.1, -0.05) is 30.3 Å². The lowest BCUT2D eigenvalue weighted by Gasteiger charge is -2.12. The number of carbonyl (C=O) groups is 3. The van der Waals surface area contributed by atoms with Crippen LogP contribution in [0.3, 0.4) is 0 Å². The van der Waals surface area contributed by atoms with Crippen LogP contribution in [0.25, 0.3) is 0 Å². The average molecular weight is 296 g/mol. The van der Waals surface area contributed by atoms with Crippen molar-refractivity contribution in [3.05, 3.63) is 35.9 Å². The normalized spacial score (nSPS) is 11.6. The van der Waals surface area contributed by atoms with E-state index in [1.165, 1.54) is 11.8 Å². The van der Waals surface area contributed by atoms with E-state index in [2.05, 4.69) is 5.32 Å². The zero-order chi connectivity index (χ0) is 15.0. The van der Waals surface area contributed by atoms with Crippen LogP contribution in [-0.2, 0) is 20.1 Å². The molecule has 0 bridgehead atoms. The molecule has 0 saturated heterocycles. The second-order valence-corrected chi connectivity index (χ2v) is 5.09. The molecule has 0 radical (unpaired) electrons. The van der Waals surface area contributed by atoms with E-state index in [4.69, 9.17) is 10.8 Å². The Morgan fingerprint density at radius 3 is 2.45 bits per heavy atom. The first-order chi connectivity index (χ1) is 9.49. The Hall–Kier alpha value is -2.02. The smallest absolute Gasteiger partial charge is 0.326 e. The Bertz CT molecular complexity index is 479. The second-order valence-electron chi connectivity index (χ2n) is 4.11. The Balaban J connectivity index is 2.35. The maximum absolute atomic E-state index is 11.6. The second kappa shape index (κ2) is 8.21. The van der Waals surface area contributed by atoms with Crippen molar-refractivity contribution in [3.63, 3.8) is 0 Å². The molecule has 2 amide bonds. The van der Waals surface area contributed by atoms with E-state index in [0.29, 0.717) is 5.75 Å². The lowest BCUT2D eigenvalue weighted by molar-refractivity contribution is -0.143. The highest BCUT2D eigenvalue weighted by atomic mass is 32.2. The number of hydrogen-bond acceptors (Lipinski definition) is 4. The molecule has 1 aromatic rings. The van der Waals surface area contributed by atoms with Gasteiger partial charge in [-0.3, -0.25) is 9.59 Å². The number of benzene rings is 1. The van der Waals surface area contributed by atoms with E-state index < -0.39 is 30.2 Å². The number of carboxylic acid groups (broad SMARTS) is 1. The first-order valence-corrected chi connectivity index (χ1v) is 7.06. The van der Waals surface area contributed by atoms with Crippen LogP contribution in [-0.4, -0.2) is 34.7 Å². The molecule has 7 heteroatoms. The van der Waals surface area contributed by atoms with Crippen molar-refractivity contribution in [1.82, 2.24) is 5.32 Å². The molecule has 0 aromatic heterocycles. The SMILES string of the molecule is NC(=O)C[C@H](NC(=O)CSCc1ccccc1)C(=O)O. The van der Waals surface area contributed by atoms with Crippen LogP contribution in [0.4, 0.5) is 0 Å². The van der Waals surface area contributed by atoms with Gasteiger partial charge in [0, 0.05) is 5.75 Å². The topological polar surface area (TPSA) is 109 Å². The monoisotopic (exact) mass is 296 g/mol. The molecule has 1 rings (SSSR count). The molecule has 1 aromatic carbocycles. The molecule has 0 aliphatic heterocycles. The minimum absolute atomic E-state index is 0.122. The summed E-state index contributed by atoms with van der Waals surface area (Å²) in [6, 6.07) is 8.34. The maximum Gasteiger partial charge on any atom is 0.326 e. The molecule has 6 nitrogen and oxygen atoms in total. The zero-order valence-corrected chi connectivity index (χ0v) is 11.6. The summed E-state index contributed by atoms with van der Waals surface area (Å²) in [4.78, 5) is 33.1. The molecule has 4 N–H and O–H groups in total. The predicted octanol–water partition coefficient (Wildman–Crippen LogP) is 0.365. The molecular weight excluding hydrogens is 280 g/mol. The van der Waals surface area contributed by atoms with E-state index in [9.17, 15) is 14.4 Å². The fraction of sp³-hybridized carbons (Fsp3) is 0.308. The van der Waals surface area contributed by atoms with Crippen molar-refractivity contribution < 1.29 is 19.5 Å². The van der Waals surface area contributed by atoms with E-state index in [1.807, 2.05) is 30.3 Å². The number of thioether (sulfide) groups is 1. The fourth-order valence-electron chi connectivity index (χ4n) is 1.47. The summed E-state index contributed by atoms with van der Waals surface area (Å²) < 4.78 is 0. The van der Waals surface area contributed by atoms with Crippen molar-refractivity contribution >= 4 is 29.5 Å². The number of nitrogens with one attached hydrogen (secondary N) is 1. The molecule has 0 aliphatic carbocycles. The van der Waals surface area contributed by atoms with Crippen molar-refractivity contribution in [2.45, 2.75) is 18.2 Å². The van der Waals surface area contributed by atoms with Gasteiger partial charge >= 0.3 is 5.97 Å². The van der Waals surface area contributed by atoms with Crippen LogP contribution < -0.4 is 11.1 Å². The minimum Gasteiger partial charge on any atom is -0.480 e. The fourth-order valence-corrected chi connectivity index (χ4v) is 2.27. The van der Waals surface area contributed by atoms with Crippen molar-refractivity contribution in [3.8, 4) is 0 Å². The maximum atomic E-state index is 11.6. The highest BCUT2D eigenvalue weighted by molar-refractivity contribution is 7.99. The molecule has 0 aliphatic rings. The Kier molecular flexibility index (Phi) is 6.58. The molecule has 0 fully saturated rings. The molecular formula is C13H16N2O4S. The minimum atomic E-state index is -1.27. The summed E-state index contributed by atoms with van der Waals surface area (Å²) in [7, 11) is 0. The van der Waals surface area contributed by atoms with Gasteiger partial charge < -0.3 is 16.2 Å². The standard InChI is InChI=1S/C13H16N2O4S/c14-11(16)6-10(13(18)19)15-12(17)8-20-7-9-4-2-1-3-5-9/h1-5,10H,6-8H2,(H2,14,16)(H,15,17)(H,18,19)/t10-/m0/s1. The molecule has 0 unspecified atom stereocenters. The molecule has 0 saturated carbocycles. The summed E-state index contributed by atoms with van der Waals surface area (Å²) in [5.74, 6) is -1.70.